The van der Waals surface area contributed by atoms with Gasteiger partial charge in [-0.15, -0.1) is 0 Å². The highest BCUT2D eigenvalue weighted by Gasteiger charge is 2.24. The predicted molar refractivity (Wildman–Crippen MR) is 78.7 cm³/mol. The molecule has 4 nitrogen and oxygen atoms in total. The van der Waals surface area contributed by atoms with E-state index in [0.29, 0.717) is 18.8 Å². The van der Waals surface area contributed by atoms with Crippen LogP contribution in [0.4, 0.5) is 0 Å². The second kappa shape index (κ2) is 5.65. The molecule has 2 heterocycles. The zero-order valence-corrected chi connectivity index (χ0v) is 11.8. The first kappa shape index (κ1) is 13.2. The van der Waals surface area contributed by atoms with Crippen LogP contribution in [0, 0.1) is 5.41 Å². The number of benzene rings is 1. The molecule has 0 atom stereocenters. The number of piperidine rings is 1. The number of fused-ring (bicyclic) bond motifs is 1. The highest BCUT2D eigenvalue weighted by Crippen LogP contribution is 2.22. The van der Waals surface area contributed by atoms with Crippen molar-refractivity contribution in [1.29, 1.82) is 5.41 Å². The molecule has 0 radical (unpaired) electrons. The van der Waals surface area contributed by atoms with Gasteiger partial charge in [0.25, 0.3) is 0 Å². The molecule has 2 aliphatic rings. The number of nitrogens with one attached hydrogen (secondary N) is 1. The maximum atomic E-state index is 12.2. The Kier molecular flexibility index (Phi) is 3.72. The Hall–Kier alpha value is -1.84. The fraction of sp³-hybridized carbons (Fsp3) is 0.500. The van der Waals surface area contributed by atoms with Crippen molar-refractivity contribution in [3.8, 4) is 0 Å². The van der Waals surface area contributed by atoms with Crippen LogP contribution in [0.1, 0.15) is 36.8 Å². The molecule has 0 bridgehead atoms. The van der Waals surface area contributed by atoms with Crippen molar-refractivity contribution in [2.75, 3.05) is 19.6 Å². The molecule has 20 heavy (non-hydrogen) atoms. The Labute approximate surface area is 119 Å². The maximum absolute atomic E-state index is 12.2. The van der Waals surface area contributed by atoms with Crippen LogP contribution in [-0.2, 0) is 11.3 Å². The van der Waals surface area contributed by atoms with Crippen molar-refractivity contribution in [2.24, 2.45) is 0 Å². The zero-order chi connectivity index (χ0) is 13.9. The summed E-state index contributed by atoms with van der Waals surface area (Å²) in [6.45, 7) is 3.25. The van der Waals surface area contributed by atoms with Crippen LogP contribution in [0.25, 0.3) is 0 Å². The monoisotopic (exact) mass is 271 g/mol. The zero-order valence-electron chi connectivity index (χ0n) is 11.8. The first-order chi connectivity index (χ1) is 9.75. The van der Waals surface area contributed by atoms with Gasteiger partial charge in [0.2, 0.25) is 5.91 Å². The Morgan fingerprint density at radius 2 is 1.90 bits per heavy atom. The van der Waals surface area contributed by atoms with E-state index in [2.05, 4.69) is 6.07 Å². The molecule has 0 aromatic heterocycles. The van der Waals surface area contributed by atoms with E-state index in [4.69, 9.17) is 5.41 Å². The van der Waals surface area contributed by atoms with Crippen LogP contribution in [0.5, 0.6) is 0 Å². The average Bonchev–Trinajstić information content (AvgIpc) is 2.83. The van der Waals surface area contributed by atoms with Crippen LogP contribution in [0.3, 0.4) is 0 Å². The second-order valence-electron chi connectivity index (χ2n) is 5.62. The molecule has 2 aliphatic heterocycles. The summed E-state index contributed by atoms with van der Waals surface area (Å²) in [7, 11) is 0. The molecule has 1 saturated heterocycles. The molecule has 3 rings (SSSR count). The Morgan fingerprint density at radius 1 is 1.15 bits per heavy atom. The van der Waals surface area contributed by atoms with Gasteiger partial charge in [0.05, 0.1) is 0 Å². The number of nitrogens with zero attached hydrogens (tertiary/aromatic N) is 2. The van der Waals surface area contributed by atoms with E-state index in [1.165, 1.54) is 12.0 Å². The largest absolute Gasteiger partial charge is 0.352 e. The molecule has 0 saturated carbocycles. The fourth-order valence-corrected chi connectivity index (χ4v) is 3.07. The molecule has 4 heteroatoms. The Balaban J connectivity index is 1.55. The number of amidine groups is 1. The van der Waals surface area contributed by atoms with Crippen LogP contribution in [-0.4, -0.2) is 41.2 Å². The minimum atomic E-state index is 0.244. The van der Waals surface area contributed by atoms with Gasteiger partial charge in [-0.3, -0.25) is 10.2 Å². The van der Waals surface area contributed by atoms with E-state index >= 15 is 0 Å². The van der Waals surface area contributed by atoms with Crippen molar-refractivity contribution in [3.05, 3.63) is 35.4 Å². The Morgan fingerprint density at radius 3 is 2.65 bits per heavy atom. The summed E-state index contributed by atoms with van der Waals surface area (Å²) in [5.41, 5.74) is 2.21. The highest BCUT2D eigenvalue weighted by atomic mass is 16.2. The summed E-state index contributed by atoms with van der Waals surface area (Å²) < 4.78 is 0. The van der Waals surface area contributed by atoms with Gasteiger partial charge in [0.1, 0.15) is 5.84 Å². The van der Waals surface area contributed by atoms with Crippen molar-refractivity contribution in [1.82, 2.24) is 9.80 Å². The number of hydrogen-bond donors (Lipinski definition) is 1. The van der Waals surface area contributed by atoms with Gasteiger partial charge < -0.3 is 9.80 Å². The van der Waals surface area contributed by atoms with Gasteiger partial charge in [-0.25, -0.2) is 0 Å². The maximum Gasteiger partial charge on any atom is 0.224 e. The van der Waals surface area contributed by atoms with Gasteiger partial charge in [-0.05, 0) is 24.8 Å². The van der Waals surface area contributed by atoms with Crippen LogP contribution < -0.4 is 0 Å². The van der Waals surface area contributed by atoms with E-state index in [0.717, 1.165) is 38.0 Å². The van der Waals surface area contributed by atoms with E-state index in [1.54, 1.807) is 0 Å². The third-order valence-corrected chi connectivity index (χ3v) is 4.25. The first-order valence-corrected chi connectivity index (χ1v) is 7.45. The van der Waals surface area contributed by atoms with Crippen molar-refractivity contribution in [3.63, 3.8) is 0 Å². The lowest BCUT2D eigenvalue weighted by molar-refractivity contribution is -0.132. The molecule has 1 amide bonds. The number of rotatable bonds is 3. The van der Waals surface area contributed by atoms with Crippen molar-refractivity contribution in [2.45, 2.75) is 32.2 Å². The molecule has 1 N–H and O–H groups in total. The first-order valence-electron chi connectivity index (χ1n) is 7.45. The molecular weight excluding hydrogens is 250 g/mol. The lowest BCUT2D eigenvalue weighted by atomic mass is 10.1. The van der Waals surface area contributed by atoms with Gasteiger partial charge in [-0.1, -0.05) is 24.3 Å². The highest BCUT2D eigenvalue weighted by molar-refractivity contribution is 6.00. The van der Waals surface area contributed by atoms with E-state index in [1.807, 2.05) is 28.0 Å². The number of carbonyl (C=O) groups is 1. The number of amides is 1. The van der Waals surface area contributed by atoms with Gasteiger partial charge in [0, 0.05) is 38.2 Å². The molecule has 106 valence electrons. The number of hydrogen-bond acceptors (Lipinski definition) is 2. The van der Waals surface area contributed by atoms with Crippen LogP contribution in [0.15, 0.2) is 24.3 Å². The molecule has 1 aromatic rings. The standard InChI is InChI=1S/C16H21N3O/c17-16-14-7-3-2-6-13(14)12-19(16)11-8-15(20)18-9-4-1-5-10-18/h2-3,6-7,17H,1,4-5,8-12H2. The van der Waals surface area contributed by atoms with E-state index in [-0.39, 0.29) is 5.91 Å². The third kappa shape index (κ3) is 2.55. The van der Waals surface area contributed by atoms with Crippen LogP contribution in [0.2, 0.25) is 0 Å². The van der Waals surface area contributed by atoms with Gasteiger partial charge >= 0.3 is 0 Å². The van der Waals surface area contributed by atoms with Crippen molar-refractivity contribution < 1.29 is 4.79 Å². The smallest absolute Gasteiger partial charge is 0.224 e. The topological polar surface area (TPSA) is 47.4 Å². The average molecular weight is 271 g/mol. The lowest BCUT2D eigenvalue weighted by Gasteiger charge is -2.27. The molecular formula is C16H21N3O. The summed E-state index contributed by atoms with van der Waals surface area (Å²) in [6.07, 6.45) is 4.04. The number of carbonyl (C=O) groups excluding carboxylic acids is 1. The van der Waals surface area contributed by atoms with Gasteiger partial charge in [-0.2, -0.15) is 0 Å². The quantitative estimate of drug-likeness (QED) is 0.916. The summed E-state index contributed by atoms with van der Waals surface area (Å²) in [4.78, 5) is 16.2. The summed E-state index contributed by atoms with van der Waals surface area (Å²) >= 11 is 0. The van der Waals surface area contributed by atoms with E-state index in [9.17, 15) is 4.79 Å². The summed E-state index contributed by atoms with van der Waals surface area (Å²) in [5, 5.41) is 8.18. The minimum Gasteiger partial charge on any atom is -0.352 e. The third-order valence-electron chi connectivity index (χ3n) is 4.25. The molecule has 0 unspecified atom stereocenters. The SMILES string of the molecule is N=C1c2ccccc2CN1CCC(=O)N1CCCCC1. The second-order valence-corrected chi connectivity index (χ2v) is 5.62. The molecule has 1 aromatic carbocycles. The number of likely N-dealkylation sites (tertiary alicyclic amines) is 1. The van der Waals surface area contributed by atoms with Gasteiger partial charge in [0.15, 0.2) is 0 Å². The molecule has 0 aliphatic carbocycles. The van der Waals surface area contributed by atoms with Crippen molar-refractivity contribution >= 4 is 11.7 Å². The lowest BCUT2D eigenvalue weighted by Crippen LogP contribution is -2.38. The molecule has 0 spiro atoms. The summed E-state index contributed by atoms with van der Waals surface area (Å²) in [6, 6.07) is 8.03. The van der Waals surface area contributed by atoms with Crippen LogP contribution >= 0.6 is 0 Å². The normalized spacial score (nSPS) is 18.3. The fourth-order valence-electron chi connectivity index (χ4n) is 3.07. The predicted octanol–water partition coefficient (Wildman–Crippen LogP) is 2.23. The molecule has 1 fully saturated rings. The Bertz CT molecular complexity index is 520. The van der Waals surface area contributed by atoms with E-state index < -0.39 is 0 Å². The summed E-state index contributed by atoms with van der Waals surface area (Å²) in [5.74, 6) is 0.806. The minimum absolute atomic E-state index is 0.244.